The van der Waals surface area contributed by atoms with Gasteiger partial charge in [0.25, 0.3) is 0 Å². The van der Waals surface area contributed by atoms with Crippen molar-refractivity contribution >= 4 is 49.0 Å². The number of carbonyl (C=O) groups is 1. The molecule has 1 aromatic heterocycles. The van der Waals surface area contributed by atoms with Gasteiger partial charge in [0, 0.05) is 37.8 Å². The van der Waals surface area contributed by atoms with Crippen molar-refractivity contribution < 1.29 is 4.79 Å². The minimum Gasteiger partial charge on any atom is -0.298 e. The zero-order chi connectivity index (χ0) is 14.0. The highest BCUT2D eigenvalue weighted by atomic mass is 79.9. The molecule has 0 aliphatic carbocycles. The monoisotopic (exact) mass is 408 g/mol. The van der Waals surface area contributed by atoms with E-state index in [1.54, 1.807) is 11.3 Å². The van der Waals surface area contributed by atoms with Crippen molar-refractivity contribution in [3.63, 3.8) is 0 Å². The van der Waals surface area contributed by atoms with Crippen LogP contribution in [0, 0.1) is 0 Å². The Bertz CT molecular complexity index is 453. The summed E-state index contributed by atoms with van der Waals surface area (Å²) in [6.45, 7) is 9.04. The third-order valence-corrected chi connectivity index (χ3v) is 5.80. The molecule has 0 saturated carbocycles. The third-order valence-electron chi connectivity index (χ3n) is 3.46. The number of piperazine rings is 1. The van der Waals surface area contributed by atoms with E-state index in [1.165, 1.54) is 0 Å². The van der Waals surface area contributed by atoms with Crippen LogP contribution in [0.4, 0.5) is 0 Å². The van der Waals surface area contributed by atoms with Crippen LogP contribution in [0.25, 0.3) is 0 Å². The maximum absolute atomic E-state index is 12.3. The molecule has 6 heteroatoms. The number of carbonyl (C=O) groups excluding carboxylic acids is 1. The van der Waals surface area contributed by atoms with Crippen molar-refractivity contribution in [2.45, 2.75) is 19.9 Å². The van der Waals surface area contributed by atoms with Crippen molar-refractivity contribution in [1.82, 2.24) is 9.80 Å². The fourth-order valence-corrected chi connectivity index (χ4v) is 5.11. The van der Waals surface area contributed by atoms with Gasteiger partial charge in [0.1, 0.15) is 0 Å². The van der Waals surface area contributed by atoms with Crippen LogP contribution < -0.4 is 0 Å². The fraction of sp³-hybridized carbons (Fsp3) is 0.615. The summed E-state index contributed by atoms with van der Waals surface area (Å²) in [4.78, 5) is 17.0. The summed E-state index contributed by atoms with van der Waals surface area (Å²) in [5.41, 5.74) is 0.795. The molecule has 2 heterocycles. The number of halogens is 2. The van der Waals surface area contributed by atoms with Crippen molar-refractivity contribution in [3.05, 3.63) is 19.2 Å². The van der Waals surface area contributed by atoms with Crippen LogP contribution in [0.15, 0.2) is 13.6 Å². The second-order valence-electron chi connectivity index (χ2n) is 5.07. The van der Waals surface area contributed by atoms with Crippen LogP contribution in [-0.2, 0) is 0 Å². The number of rotatable bonds is 4. The van der Waals surface area contributed by atoms with Gasteiger partial charge >= 0.3 is 0 Å². The molecule has 0 radical (unpaired) electrons. The molecule has 1 aliphatic rings. The Kier molecular flexibility index (Phi) is 5.60. The quantitative estimate of drug-likeness (QED) is 0.711. The standard InChI is InChI=1S/C13H18Br2N2OS/c1-9(2)17-5-3-16(4-6-17)8-11(18)10-7-12(14)19-13(10)15/h7,9H,3-6,8H2,1-2H3. The number of Topliss-reactive ketones (excluding diaryl/α,β-unsaturated/α-hetero) is 1. The molecule has 19 heavy (non-hydrogen) atoms. The molecule has 2 rings (SSSR count). The molecule has 0 bridgehead atoms. The second kappa shape index (κ2) is 6.80. The Morgan fingerprint density at radius 3 is 2.42 bits per heavy atom. The number of nitrogens with zero attached hydrogens (tertiary/aromatic N) is 2. The molecule has 1 saturated heterocycles. The minimum absolute atomic E-state index is 0.201. The highest BCUT2D eigenvalue weighted by molar-refractivity contribution is 9.12. The number of hydrogen-bond acceptors (Lipinski definition) is 4. The highest BCUT2D eigenvalue weighted by Crippen LogP contribution is 2.32. The van der Waals surface area contributed by atoms with Gasteiger partial charge in [-0.1, -0.05) is 0 Å². The summed E-state index contributed by atoms with van der Waals surface area (Å²) in [6.07, 6.45) is 0. The zero-order valence-corrected chi connectivity index (χ0v) is 15.1. The smallest absolute Gasteiger partial charge is 0.178 e. The second-order valence-corrected chi connectivity index (χ2v) is 8.82. The lowest BCUT2D eigenvalue weighted by Crippen LogP contribution is -2.50. The van der Waals surface area contributed by atoms with E-state index in [0.29, 0.717) is 12.6 Å². The largest absolute Gasteiger partial charge is 0.298 e. The molecule has 0 amide bonds. The van der Waals surface area contributed by atoms with Gasteiger partial charge in [0.2, 0.25) is 0 Å². The molecular weight excluding hydrogens is 392 g/mol. The van der Waals surface area contributed by atoms with Crippen LogP contribution >= 0.6 is 43.2 Å². The summed E-state index contributed by atoms with van der Waals surface area (Å²) in [5, 5.41) is 0. The molecule has 1 aliphatic heterocycles. The molecule has 3 nitrogen and oxygen atoms in total. The molecule has 1 aromatic rings. The lowest BCUT2D eigenvalue weighted by atomic mass is 10.2. The fourth-order valence-electron chi connectivity index (χ4n) is 2.26. The van der Waals surface area contributed by atoms with E-state index in [2.05, 4.69) is 55.5 Å². The predicted octanol–water partition coefficient (Wildman–Crippen LogP) is 3.48. The Labute approximate surface area is 135 Å². The summed E-state index contributed by atoms with van der Waals surface area (Å²) >= 11 is 8.42. The Morgan fingerprint density at radius 2 is 1.95 bits per heavy atom. The van der Waals surface area contributed by atoms with Gasteiger partial charge in [-0.2, -0.15) is 0 Å². The highest BCUT2D eigenvalue weighted by Gasteiger charge is 2.22. The molecule has 1 fully saturated rings. The molecule has 0 aromatic carbocycles. The third kappa shape index (κ3) is 4.11. The molecule has 0 unspecified atom stereocenters. The van der Waals surface area contributed by atoms with E-state index in [-0.39, 0.29) is 5.78 Å². The Hall–Kier alpha value is 0.250. The van der Waals surface area contributed by atoms with E-state index >= 15 is 0 Å². The average molecular weight is 410 g/mol. The van der Waals surface area contributed by atoms with Gasteiger partial charge in [0.15, 0.2) is 5.78 Å². The van der Waals surface area contributed by atoms with Crippen molar-refractivity contribution in [1.29, 1.82) is 0 Å². The van der Waals surface area contributed by atoms with E-state index in [0.717, 1.165) is 39.3 Å². The molecular formula is C13H18Br2N2OS. The van der Waals surface area contributed by atoms with Gasteiger partial charge in [-0.25, -0.2) is 0 Å². The Balaban J connectivity index is 1.89. The maximum atomic E-state index is 12.3. The molecule has 0 atom stereocenters. The maximum Gasteiger partial charge on any atom is 0.178 e. The predicted molar refractivity (Wildman–Crippen MR) is 87.2 cm³/mol. The lowest BCUT2D eigenvalue weighted by Gasteiger charge is -2.36. The number of thiophene rings is 1. The average Bonchev–Trinajstić information content (AvgIpc) is 2.69. The van der Waals surface area contributed by atoms with Gasteiger partial charge in [0.05, 0.1) is 14.1 Å². The van der Waals surface area contributed by atoms with E-state index < -0.39 is 0 Å². The van der Waals surface area contributed by atoms with Crippen LogP contribution in [0.2, 0.25) is 0 Å². The number of hydrogen-bond donors (Lipinski definition) is 0. The zero-order valence-electron chi connectivity index (χ0n) is 11.2. The first-order chi connectivity index (χ1) is 8.97. The van der Waals surface area contributed by atoms with Gasteiger partial charge in [-0.05, 0) is 51.8 Å². The summed E-state index contributed by atoms with van der Waals surface area (Å²) in [5.74, 6) is 0.201. The molecule has 106 valence electrons. The van der Waals surface area contributed by atoms with Gasteiger partial charge < -0.3 is 0 Å². The van der Waals surface area contributed by atoms with Crippen molar-refractivity contribution in [2.75, 3.05) is 32.7 Å². The van der Waals surface area contributed by atoms with Crippen molar-refractivity contribution in [2.24, 2.45) is 0 Å². The first-order valence-electron chi connectivity index (χ1n) is 6.42. The van der Waals surface area contributed by atoms with Crippen LogP contribution in [0.3, 0.4) is 0 Å². The molecule has 0 spiro atoms. The normalized spacial score (nSPS) is 18.2. The van der Waals surface area contributed by atoms with E-state index in [4.69, 9.17) is 0 Å². The van der Waals surface area contributed by atoms with Gasteiger partial charge in [-0.3, -0.25) is 14.6 Å². The first-order valence-corrected chi connectivity index (χ1v) is 8.82. The SMILES string of the molecule is CC(C)N1CCN(CC(=O)c2cc(Br)sc2Br)CC1. The van der Waals surface area contributed by atoms with Crippen LogP contribution in [0.5, 0.6) is 0 Å². The lowest BCUT2D eigenvalue weighted by molar-refractivity contribution is 0.0807. The van der Waals surface area contributed by atoms with Crippen molar-refractivity contribution in [3.8, 4) is 0 Å². The Morgan fingerprint density at radius 1 is 1.32 bits per heavy atom. The summed E-state index contributed by atoms with van der Waals surface area (Å²) < 4.78 is 1.91. The van der Waals surface area contributed by atoms with Crippen LogP contribution in [-0.4, -0.2) is 54.3 Å². The number of ketones is 1. The van der Waals surface area contributed by atoms with E-state index in [1.807, 2.05) is 6.07 Å². The first kappa shape index (κ1) is 15.6. The minimum atomic E-state index is 0.201. The van der Waals surface area contributed by atoms with Gasteiger partial charge in [-0.15, -0.1) is 11.3 Å². The summed E-state index contributed by atoms with van der Waals surface area (Å²) in [6, 6.07) is 2.50. The summed E-state index contributed by atoms with van der Waals surface area (Å²) in [7, 11) is 0. The topological polar surface area (TPSA) is 23.6 Å². The molecule has 0 N–H and O–H groups in total. The van der Waals surface area contributed by atoms with Crippen LogP contribution in [0.1, 0.15) is 24.2 Å². The van der Waals surface area contributed by atoms with E-state index in [9.17, 15) is 4.79 Å².